The van der Waals surface area contributed by atoms with Crippen molar-refractivity contribution in [3.05, 3.63) is 0 Å². The molecule has 0 heterocycles. The summed E-state index contributed by atoms with van der Waals surface area (Å²) in [4.78, 5) is 0. The van der Waals surface area contributed by atoms with E-state index in [1.807, 2.05) is 0 Å². The Bertz CT molecular complexity index is 66.0. The highest BCUT2D eigenvalue weighted by molar-refractivity contribution is 6.36. The van der Waals surface area contributed by atoms with Crippen molar-refractivity contribution < 1.29 is 14.6 Å². The molecule has 0 atom stereocenters. The summed E-state index contributed by atoms with van der Waals surface area (Å²) in [5.41, 5.74) is 0. The fourth-order valence-electron chi connectivity index (χ4n) is 0.755. The Balaban J connectivity index is 3.09. The largest absolute Gasteiger partial charge is 0.396 e. The Morgan fingerprint density at radius 2 is 2.00 bits per heavy atom. The molecule has 0 amide bonds. The molecule has 0 fully saturated rings. The van der Waals surface area contributed by atoms with Gasteiger partial charge in [-0.15, -0.1) is 0 Å². The van der Waals surface area contributed by atoms with Crippen LogP contribution >= 0.6 is 0 Å². The maximum Gasteiger partial charge on any atom is 0.134 e. The van der Waals surface area contributed by atoms with E-state index in [-0.39, 0.29) is 22.0 Å². The molecule has 3 nitrogen and oxygen atoms in total. The van der Waals surface area contributed by atoms with Crippen molar-refractivity contribution in [2.75, 3.05) is 20.8 Å². The predicted molar refractivity (Wildman–Crippen MR) is 42.9 cm³/mol. The monoisotopic (exact) mass is 164 g/mol. The lowest BCUT2D eigenvalue weighted by atomic mass is 10.5. The van der Waals surface area contributed by atoms with Crippen molar-refractivity contribution in [1.29, 1.82) is 0 Å². The van der Waals surface area contributed by atoms with Gasteiger partial charge in [-0.25, -0.2) is 0 Å². The molecule has 0 rings (SSSR count). The quantitative estimate of drug-likeness (QED) is 0.328. The van der Waals surface area contributed by atoms with Gasteiger partial charge in [0, 0.05) is 20.8 Å². The predicted octanol–water partition coefficient (Wildman–Crippen LogP) is -0.468. The van der Waals surface area contributed by atoms with E-state index >= 15 is 0 Å². The van der Waals surface area contributed by atoms with Gasteiger partial charge < -0.3 is 14.6 Å². The van der Waals surface area contributed by atoms with Crippen molar-refractivity contribution in [2.45, 2.75) is 18.4 Å². The summed E-state index contributed by atoms with van der Waals surface area (Å²) in [5, 5.41) is 8.47. The van der Waals surface area contributed by atoms with E-state index < -0.39 is 0 Å². The van der Waals surface area contributed by atoms with Crippen LogP contribution in [0.2, 0.25) is 6.04 Å². The Kier molecular flexibility index (Phi) is 7.28. The maximum atomic E-state index is 8.47. The third-order valence-electron chi connectivity index (χ3n) is 1.37. The van der Waals surface area contributed by atoms with Crippen molar-refractivity contribution in [2.24, 2.45) is 0 Å². The SMILES string of the molecule is COC(OC)[SiH2]CCCO. The van der Waals surface area contributed by atoms with Crippen LogP contribution in [0.15, 0.2) is 0 Å². The second kappa shape index (κ2) is 7.21. The number of hydrogen-bond acceptors (Lipinski definition) is 3. The van der Waals surface area contributed by atoms with Gasteiger partial charge >= 0.3 is 0 Å². The molecular weight excluding hydrogens is 148 g/mol. The smallest absolute Gasteiger partial charge is 0.134 e. The Morgan fingerprint density at radius 1 is 1.40 bits per heavy atom. The third-order valence-corrected chi connectivity index (χ3v) is 3.42. The minimum Gasteiger partial charge on any atom is -0.396 e. The summed E-state index contributed by atoms with van der Waals surface area (Å²) in [7, 11) is 3.02. The van der Waals surface area contributed by atoms with Crippen molar-refractivity contribution >= 4 is 9.52 Å². The molecule has 0 aliphatic heterocycles. The van der Waals surface area contributed by atoms with Crippen LogP contribution in [0, 0.1) is 0 Å². The lowest BCUT2D eigenvalue weighted by Gasteiger charge is -2.11. The summed E-state index contributed by atoms with van der Waals surface area (Å²) >= 11 is 0. The zero-order chi connectivity index (χ0) is 7.82. The van der Waals surface area contributed by atoms with E-state index in [4.69, 9.17) is 14.6 Å². The Morgan fingerprint density at radius 3 is 2.40 bits per heavy atom. The van der Waals surface area contributed by atoms with E-state index in [9.17, 15) is 0 Å². The van der Waals surface area contributed by atoms with Crippen LogP contribution in [0.1, 0.15) is 6.42 Å². The molecule has 0 aromatic carbocycles. The highest BCUT2D eigenvalue weighted by Gasteiger charge is 2.03. The molecule has 0 spiro atoms. The highest BCUT2D eigenvalue weighted by atomic mass is 28.2. The fourth-order valence-corrected chi connectivity index (χ4v) is 2.07. The number of rotatable bonds is 6. The van der Waals surface area contributed by atoms with Crippen LogP contribution in [0.4, 0.5) is 0 Å². The molecule has 62 valence electrons. The molecule has 0 aromatic heterocycles. The number of aliphatic hydroxyl groups is 1. The second-order valence-electron chi connectivity index (χ2n) is 2.12. The molecule has 0 saturated carbocycles. The van der Waals surface area contributed by atoms with Gasteiger partial charge in [0.15, 0.2) is 0 Å². The average Bonchev–Trinajstić information content (AvgIpc) is 1.99. The van der Waals surface area contributed by atoms with Crippen LogP contribution < -0.4 is 0 Å². The van der Waals surface area contributed by atoms with Gasteiger partial charge in [-0.1, -0.05) is 6.04 Å². The molecule has 0 saturated heterocycles. The molecule has 0 bridgehead atoms. The first-order chi connectivity index (χ1) is 4.85. The zero-order valence-corrected chi connectivity index (χ0v) is 8.08. The first-order valence-corrected chi connectivity index (χ1v) is 5.33. The van der Waals surface area contributed by atoms with Gasteiger partial charge in [0.2, 0.25) is 0 Å². The molecule has 4 heteroatoms. The molecule has 0 aliphatic rings. The number of hydrogen-bond donors (Lipinski definition) is 1. The third kappa shape index (κ3) is 4.93. The summed E-state index contributed by atoms with van der Waals surface area (Å²) in [6, 6.07) is 1.09. The van der Waals surface area contributed by atoms with Crippen molar-refractivity contribution in [1.82, 2.24) is 0 Å². The first-order valence-electron chi connectivity index (χ1n) is 3.51. The van der Waals surface area contributed by atoms with Crippen LogP contribution in [-0.4, -0.2) is 41.4 Å². The highest BCUT2D eigenvalue weighted by Crippen LogP contribution is 1.94. The topological polar surface area (TPSA) is 38.7 Å². The fraction of sp³-hybridized carbons (Fsp3) is 1.00. The number of ether oxygens (including phenoxy) is 2. The Hall–Kier alpha value is 0.0969. The lowest BCUT2D eigenvalue weighted by Crippen LogP contribution is -2.21. The van der Waals surface area contributed by atoms with E-state index in [1.54, 1.807) is 14.2 Å². The van der Waals surface area contributed by atoms with Crippen LogP contribution in [0.5, 0.6) is 0 Å². The van der Waals surface area contributed by atoms with Gasteiger partial charge in [-0.3, -0.25) is 0 Å². The first kappa shape index (κ1) is 10.1. The van der Waals surface area contributed by atoms with E-state index in [0.717, 1.165) is 12.5 Å². The summed E-state index contributed by atoms with van der Waals surface area (Å²) in [6.45, 7) is 0.285. The van der Waals surface area contributed by atoms with Gasteiger partial charge in [0.05, 0.1) is 9.52 Å². The van der Waals surface area contributed by atoms with Crippen molar-refractivity contribution in [3.63, 3.8) is 0 Å². The summed E-state index contributed by atoms with van der Waals surface area (Å²) in [6.07, 6.45) is 0.884. The minimum absolute atomic E-state index is 0.0338. The summed E-state index contributed by atoms with van der Waals surface area (Å²) in [5.74, 6) is 0.0338. The van der Waals surface area contributed by atoms with Crippen LogP contribution in [0.3, 0.4) is 0 Å². The second-order valence-corrected chi connectivity index (χ2v) is 4.07. The van der Waals surface area contributed by atoms with E-state index in [0.29, 0.717) is 0 Å². The molecule has 0 radical (unpaired) electrons. The van der Waals surface area contributed by atoms with Crippen LogP contribution in [0.25, 0.3) is 0 Å². The zero-order valence-electron chi connectivity index (χ0n) is 6.67. The maximum absolute atomic E-state index is 8.47. The van der Waals surface area contributed by atoms with Gasteiger partial charge in [0.1, 0.15) is 5.91 Å². The van der Waals surface area contributed by atoms with E-state index in [1.165, 1.54) is 0 Å². The lowest BCUT2D eigenvalue weighted by molar-refractivity contribution is -0.0441. The number of aliphatic hydroxyl groups excluding tert-OH is 1. The Labute approximate surface area is 64.2 Å². The van der Waals surface area contributed by atoms with Gasteiger partial charge in [-0.05, 0) is 6.42 Å². The summed E-state index contributed by atoms with van der Waals surface area (Å²) < 4.78 is 10.0. The standard InChI is InChI=1S/C6H16O3Si/c1-8-6(9-2)10-5-3-4-7/h6-7H,3-5,10H2,1-2H3. The molecular formula is C6H16O3Si. The van der Waals surface area contributed by atoms with E-state index in [2.05, 4.69) is 0 Å². The van der Waals surface area contributed by atoms with Crippen LogP contribution in [-0.2, 0) is 9.47 Å². The minimum atomic E-state index is -0.290. The normalized spacial score (nSPS) is 12.0. The average molecular weight is 164 g/mol. The molecule has 1 N–H and O–H groups in total. The number of methoxy groups -OCH3 is 2. The molecule has 0 aliphatic carbocycles. The molecule has 0 unspecified atom stereocenters. The van der Waals surface area contributed by atoms with Gasteiger partial charge in [0.25, 0.3) is 0 Å². The van der Waals surface area contributed by atoms with Crippen molar-refractivity contribution in [3.8, 4) is 0 Å². The molecule has 10 heavy (non-hydrogen) atoms. The molecule has 0 aromatic rings. The van der Waals surface area contributed by atoms with Gasteiger partial charge in [-0.2, -0.15) is 0 Å².